The maximum absolute atomic E-state index is 11.5. The van der Waals surface area contributed by atoms with Gasteiger partial charge in [0.2, 0.25) is 12.3 Å². The highest BCUT2D eigenvalue weighted by Crippen LogP contribution is 2.05. The first-order valence-electron chi connectivity index (χ1n) is 6.40. The zero-order valence-corrected chi connectivity index (χ0v) is 13.0. The van der Waals surface area contributed by atoms with Crippen LogP contribution in [0.4, 0.5) is 0 Å². The minimum atomic E-state index is -0.254. The molecule has 108 valence electrons. The molecule has 0 aromatic rings. The third-order valence-electron chi connectivity index (χ3n) is 1.86. The van der Waals surface area contributed by atoms with Crippen molar-refractivity contribution in [3.05, 3.63) is 12.7 Å². The summed E-state index contributed by atoms with van der Waals surface area (Å²) in [5.74, 6) is 0.257. The molecule has 1 atom stereocenters. The molecule has 1 N–H and O–H groups in total. The third-order valence-corrected chi connectivity index (χ3v) is 1.86. The van der Waals surface area contributed by atoms with Gasteiger partial charge in [0.1, 0.15) is 0 Å². The van der Waals surface area contributed by atoms with Gasteiger partial charge in [0.15, 0.2) is 0 Å². The average Bonchev–Trinajstić information content (AvgIpc) is 2.37. The van der Waals surface area contributed by atoms with Gasteiger partial charge in [0.25, 0.3) is 0 Å². The van der Waals surface area contributed by atoms with E-state index in [0.717, 1.165) is 11.3 Å². The number of nitrogens with zero attached hydrogens (tertiary/aromatic N) is 1. The van der Waals surface area contributed by atoms with E-state index in [9.17, 15) is 9.59 Å². The van der Waals surface area contributed by atoms with E-state index in [1.54, 1.807) is 13.1 Å². The van der Waals surface area contributed by atoms with Crippen LogP contribution in [0.15, 0.2) is 12.7 Å². The normalized spacial score (nSPS) is 10.2. The summed E-state index contributed by atoms with van der Waals surface area (Å²) in [5.41, 5.74) is 0. The van der Waals surface area contributed by atoms with E-state index in [1.165, 1.54) is 7.05 Å². The van der Waals surface area contributed by atoms with Gasteiger partial charge in [0, 0.05) is 7.05 Å². The zero-order chi connectivity index (χ0) is 15.1. The van der Waals surface area contributed by atoms with Crippen LogP contribution in [0.3, 0.4) is 0 Å². The number of hydrogen-bond acceptors (Lipinski definition) is 3. The molecule has 18 heavy (non-hydrogen) atoms. The fourth-order valence-corrected chi connectivity index (χ4v) is 1.11. The van der Waals surface area contributed by atoms with Crippen LogP contribution in [0, 0.1) is 5.92 Å². The number of nitrogens with one attached hydrogen (secondary N) is 1. The largest absolute Gasteiger partial charge is 0.309 e. The Morgan fingerprint density at radius 1 is 1.39 bits per heavy atom. The molecular formula is C14H30N2O2. The molecule has 0 saturated heterocycles. The van der Waals surface area contributed by atoms with Crippen molar-refractivity contribution in [3.63, 3.8) is 0 Å². The van der Waals surface area contributed by atoms with Gasteiger partial charge in [0.05, 0.1) is 6.04 Å². The Morgan fingerprint density at radius 3 is 2.00 bits per heavy atom. The second kappa shape index (κ2) is 15.8. The fourth-order valence-electron chi connectivity index (χ4n) is 1.11. The maximum Gasteiger partial charge on any atom is 0.245 e. The summed E-state index contributed by atoms with van der Waals surface area (Å²) in [6.45, 7) is 13.3. The smallest absolute Gasteiger partial charge is 0.245 e. The molecule has 0 bridgehead atoms. The van der Waals surface area contributed by atoms with Crippen molar-refractivity contribution in [2.75, 3.05) is 14.1 Å². The summed E-state index contributed by atoms with van der Waals surface area (Å²) in [6, 6.07) is -0.254. The Bertz CT molecular complexity index is 216. The molecule has 4 nitrogen and oxygen atoms in total. The van der Waals surface area contributed by atoms with Crippen molar-refractivity contribution in [3.8, 4) is 0 Å². The second-order valence-electron chi connectivity index (χ2n) is 3.93. The molecule has 0 aliphatic rings. The monoisotopic (exact) mass is 258 g/mol. The van der Waals surface area contributed by atoms with Crippen molar-refractivity contribution in [2.45, 2.75) is 47.1 Å². The highest BCUT2D eigenvalue weighted by atomic mass is 16.2. The topological polar surface area (TPSA) is 49.4 Å². The van der Waals surface area contributed by atoms with Crippen LogP contribution in [-0.4, -0.2) is 37.4 Å². The third kappa shape index (κ3) is 12.9. The lowest BCUT2D eigenvalue weighted by Gasteiger charge is -2.20. The summed E-state index contributed by atoms with van der Waals surface area (Å²) >= 11 is 0. The molecule has 0 rings (SSSR count). The van der Waals surface area contributed by atoms with Crippen LogP contribution in [-0.2, 0) is 9.59 Å². The first-order chi connectivity index (χ1) is 8.44. The van der Waals surface area contributed by atoms with Crippen molar-refractivity contribution >= 4 is 12.3 Å². The summed E-state index contributed by atoms with van der Waals surface area (Å²) in [7, 11) is 3.20. The van der Waals surface area contributed by atoms with Gasteiger partial charge in [-0.25, -0.2) is 0 Å². The van der Waals surface area contributed by atoms with Crippen LogP contribution >= 0.6 is 0 Å². The highest BCUT2D eigenvalue weighted by molar-refractivity contribution is 5.89. The lowest BCUT2D eigenvalue weighted by Crippen LogP contribution is -2.43. The van der Waals surface area contributed by atoms with Gasteiger partial charge >= 0.3 is 0 Å². The summed E-state index contributed by atoms with van der Waals surface area (Å²) < 4.78 is 0. The fraction of sp³-hybridized carbons (Fsp3) is 0.714. The minimum Gasteiger partial charge on any atom is -0.309 e. The van der Waals surface area contributed by atoms with E-state index < -0.39 is 0 Å². The second-order valence-corrected chi connectivity index (χ2v) is 3.93. The molecular weight excluding hydrogens is 228 g/mol. The van der Waals surface area contributed by atoms with Crippen LogP contribution in [0.2, 0.25) is 0 Å². The Kier molecular flexibility index (Phi) is 19.4. The molecule has 2 amide bonds. The molecule has 0 fully saturated rings. The Hall–Kier alpha value is -1.16. The van der Waals surface area contributed by atoms with E-state index in [0.29, 0.717) is 12.3 Å². The predicted molar refractivity (Wildman–Crippen MR) is 78.4 cm³/mol. The molecule has 0 aromatic carbocycles. The first-order valence-corrected chi connectivity index (χ1v) is 6.40. The number of likely N-dealkylation sites (N-methyl/N-ethyl adjacent to an activating group) is 2. The summed E-state index contributed by atoms with van der Waals surface area (Å²) in [4.78, 5) is 22.9. The quantitative estimate of drug-likeness (QED) is 0.609. The van der Waals surface area contributed by atoms with Gasteiger partial charge in [-0.15, -0.1) is 6.58 Å². The minimum absolute atomic E-state index is 0.175. The lowest BCUT2D eigenvalue weighted by atomic mass is 10.0. The van der Waals surface area contributed by atoms with Crippen molar-refractivity contribution in [1.82, 2.24) is 10.2 Å². The number of amides is 2. The van der Waals surface area contributed by atoms with Gasteiger partial charge in [-0.05, 0) is 26.3 Å². The number of carbonyl (C=O) groups excluding carboxylic acids is 2. The number of imide groups is 1. The number of rotatable bonds is 5. The maximum atomic E-state index is 11.5. The molecule has 0 unspecified atom stereocenters. The molecule has 0 aliphatic heterocycles. The van der Waals surface area contributed by atoms with E-state index in [2.05, 4.69) is 11.9 Å². The van der Waals surface area contributed by atoms with Gasteiger partial charge in [-0.2, -0.15) is 0 Å². The van der Waals surface area contributed by atoms with E-state index >= 15 is 0 Å². The molecule has 0 saturated carbocycles. The molecule has 0 spiro atoms. The van der Waals surface area contributed by atoms with Crippen LogP contribution < -0.4 is 5.32 Å². The number of hydrogen-bond donors (Lipinski definition) is 1. The average molecular weight is 258 g/mol. The van der Waals surface area contributed by atoms with Crippen molar-refractivity contribution in [1.29, 1.82) is 0 Å². The Labute approximate surface area is 112 Å². The van der Waals surface area contributed by atoms with Crippen LogP contribution in [0.5, 0.6) is 0 Å². The number of allylic oxidation sites excluding steroid dienone is 1. The van der Waals surface area contributed by atoms with Crippen molar-refractivity contribution in [2.24, 2.45) is 5.92 Å². The summed E-state index contributed by atoms with van der Waals surface area (Å²) in [5, 5.41) is 2.90. The SMILES string of the molecule is C=CC.CC.CN[C@@H](CC(C)C)C(=O)N(C)C=O. The van der Waals surface area contributed by atoms with Gasteiger partial charge < -0.3 is 5.32 Å². The standard InChI is InChI=1S/C9H18N2O2.C3H6.C2H6/c1-7(2)5-8(10-3)9(13)11(4)6-12;1-3-2;1-2/h6-8,10H,5H2,1-4H3;3H,1H2,2H3;1-2H3/t8-;;/m0../s1. The Morgan fingerprint density at radius 2 is 1.78 bits per heavy atom. The van der Waals surface area contributed by atoms with Gasteiger partial charge in [-0.1, -0.05) is 33.8 Å². The highest BCUT2D eigenvalue weighted by Gasteiger charge is 2.20. The van der Waals surface area contributed by atoms with Crippen molar-refractivity contribution < 1.29 is 9.59 Å². The summed E-state index contributed by atoms with van der Waals surface area (Å²) in [6.07, 6.45) is 3.03. The molecule has 0 aromatic heterocycles. The van der Waals surface area contributed by atoms with E-state index in [1.807, 2.05) is 34.6 Å². The van der Waals surface area contributed by atoms with Gasteiger partial charge in [-0.3, -0.25) is 14.5 Å². The van der Waals surface area contributed by atoms with Crippen LogP contribution in [0.25, 0.3) is 0 Å². The van der Waals surface area contributed by atoms with E-state index in [4.69, 9.17) is 0 Å². The predicted octanol–water partition coefficient (Wildman–Crippen LogP) is 2.45. The first kappa shape index (κ1) is 22.1. The lowest BCUT2D eigenvalue weighted by molar-refractivity contribution is -0.138. The molecule has 0 radical (unpaired) electrons. The Balaban J connectivity index is -0.000000389. The van der Waals surface area contributed by atoms with E-state index in [-0.39, 0.29) is 11.9 Å². The van der Waals surface area contributed by atoms with Crippen LogP contribution in [0.1, 0.15) is 41.0 Å². The molecule has 4 heteroatoms. The molecule has 0 heterocycles. The molecule has 0 aliphatic carbocycles. The number of carbonyl (C=O) groups is 2. The zero-order valence-electron chi connectivity index (χ0n) is 13.0.